The number of halogens is 1. The highest BCUT2D eigenvalue weighted by Crippen LogP contribution is 2.34. The monoisotopic (exact) mass is 306 g/mol. The first-order chi connectivity index (χ1) is 10.1. The summed E-state index contributed by atoms with van der Waals surface area (Å²) in [7, 11) is 0. The van der Waals surface area contributed by atoms with Crippen LogP contribution in [0.4, 0.5) is 0 Å². The van der Waals surface area contributed by atoms with Crippen molar-refractivity contribution in [3.63, 3.8) is 0 Å². The Bertz CT molecular complexity index is 551. The Kier molecular flexibility index (Phi) is 4.15. The molecule has 2 atom stereocenters. The molecule has 0 radical (unpaired) electrons. The predicted molar refractivity (Wildman–Crippen MR) is 80.9 cm³/mol. The molecule has 112 valence electrons. The van der Waals surface area contributed by atoms with E-state index in [9.17, 15) is 9.59 Å². The minimum atomic E-state index is -0.0810. The van der Waals surface area contributed by atoms with E-state index in [0.29, 0.717) is 24.4 Å². The summed E-state index contributed by atoms with van der Waals surface area (Å²) < 4.78 is 0. The second-order valence-corrected chi connectivity index (χ2v) is 6.22. The summed E-state index contributed by atoms with van der Waals surface area (Å²) in [6.07, 6.45) is 3.10. The van der Waals surface area contributed by atoms with Gasteiger partial charge >= 0.3 is 0 Å². The third-order valence-corrected chi connectivity index (χ3v) is 4.62. The van der Waals surface area contributed by atoms with Gasteiger partial charge < -0.3 is 10.2 Å². The summed E-state index contributed by atoms with van der Waals surface area (Å²) >= 11 is 6.06. The molecule has 1 N–H and O–H groups in total. The van der Waals surface area contributed by atoms with Gasteiger partial charge in [-0.3, -0.25) is 9.59 Å². The minimum absolute atomic E-state index is 0.0480. The van der Waals surface area contributed by atoms with Gasteiger partial charge in [0, 0.05) is 24.5 Å². The van der Waals surface area contributed by atoms with Crippen LogP contribution < -0.4 is 5.32 Å². The summed E-state index contributed by atoms with van der Waals surface area (Å²) in [5.41, 5.74) is 1.10. The fourth-order valence-corrected chi connectivity index (χ4v) is 3.47. The second-order valence-electron chi connectivity index (χ2n) is 5.78. The third kappa shape index (κ3) is 3.05. The molecular formula is C16H19ClN2O2. The van der Waals surface area contributed by atoms with Gasteiger partial charge in [-0.1, -0.05) is 23.7 Å². The molecule has 2 aliphatic heterocycles. The zero-order valence-electron chi connectivity index (χ0n) is 11.8. The molecule has 2 aliphatic rings. The molecule has 0 aromatic heterocycles. The van der Waals surface area contributed by atoms with Gasteiger partial charge in [-0.15, -0.1) is 0 Å². The third-order valence-electron chi connectivity index (χ3n) is 4.38. The van der Waals surface area contributed by atoms with Crippen LogP contribution in [-0.4, -0.2) is 29.8 Å². The Morgan fingerprint density at radius 3 is 2.90 bits per heavy atom. The summed E-state index contributed by atoms with van der Waals surface area (Å²) in [5.74, 6) is 0.131. The first-order valence-corrected chi connectivity index (χ1v) is 7.85. The van der Waals surface area contributed by atoms with Crippen LogP contribution in [0.1, 0.15) is 37.3 Å². The maximum Gasteiger partial charge on any atom is 0.227 e. The molecule has 3 rings (SSSR count). The molecule has 0 aliphatic carbocycles. The maximum absolute atomic E-state index is 12.7. The van der Waals surface area contributed by atoms with Crippen molar-refractivity contribution >= 4 is 23.4 Å². The minimum Gasteiger partial charge on any atom is -0.355 e. The molecule has 4 nitrogen and oxygen atoms in total. The van der Waals surface area contributed by atoms with E-state index >= 15 is 0 Å². The summed E-state index contributed by atoms with van der Waals surface area (Å²) in [5, 5.41) is 3.50. The first kappa shape index (κ1) is 14.4. The number of carbonyl (C=O) groups is 2. The summed E-state index contributed by atoms with van der Waals surface area (Å²) in [6.45, 7) is 1.26. The highest BCUT2D eigenvalue weighted by molar-refractivity contribution is 6.30. The number of nitrogens with one attached hydrogen (secondary N) is 1. The number of benzene rings is 1. The van der Waals surface area contributed by atoms with Crippen LogP contribution in [0.25, 0.3) is 0 Å². The second kappa shape index (κ2) is 6.06. The molecule has 1 aromatic carbocycles. The van der Waals surface area contributed by atoms with Crippen molar-refractivity contribution in [2.75, 3.05) is 13.1 Å². The fourth-order valence-electron chi connectivity index (χ4n) is 3.27. The van der Waals surface area contributed by atoms with Gasteiger partial charge in [-0.25, -0.2) is 0 Å². The number of amides is 2. The molecule has 0 spiro atoms. The van der Waals surface area contributed by atoms with Crippen LogP contribution in [0, 0.1) is 5.92 Å². The summed E-state index contributed by atoms with van der Waals surface area (Å²) in [6, 6.07) is 7.88. The van der Waals surface area contributed by atoms with Crippen LogP contribution in [0.3, 0.4) is 0 Å². The smallest absolute Gasteiger partial charge is 0.227 e. The van der Waals surface area contributed by atoms with Crippen molar-refractivity contribution in [3.8, 4) is 0 Å². The van der Waals surface area contributed by atoms with E-state index in [-0.39, 0.29) is 23.8 Å². The van der Waals surface area contributed by atoms with E-state index in [0.717, 1.165) is 24.9 Å². The van der Waals surface area contributed by atoms with Crippen LogP contribution in [-0.2, 0) is 9.59 Å². The van der Waals surface area contributed by atoms with Crippen LogP contribution in [0.15, 0.2) is 24.3 Å². The lowest BCUT2D eigenvalue weighted by molar-refractivity contribution is -0.138. The number of rotatable bonds is 2. The predicted octanol–water partition coefficient (Wildman–Crippen LogP) is 2.53. The highest BCUT2D eigenvalue weighted by Gasteiger charge is 2.35. The van der Waals surface area contributed by atoms with Crippen LogP contribution in [0.2, 0.25) is 5.02 Å². The Morgan fingerprint density at radius 2 is 2.19 bits per heavy atom. The van der Waals surface area contributed by atoms with E-state index < -0.39 is 0 Å². The van der Waals surface area contributed by atoms with Crippen molar-refractivity contribution in [1.29, 1.82) is 0 Å². The molecule has 5 heteroatoms. The number of hydrogen-bond donors (Lipinski definition) is 1. The van der Waals surface area contributed by atoms with Crippen molar-refractivity contribution in [2.24, 2.45) is 5.92 Å². The lowest BCUT2D eigenvalue weighted by atomic mass is 9.96. The van der Waals surface area contributed by atoms with E-state index in [2.05, 4.69) is 5.32 Å². The number of likely N-dealkylation sites (tertiary alicyclic amines) is 1. The van der Waals surface area contributed by atoms with Crippen molar-refractivity contribution < 1.29 is 9.59 Å². The Hall–Kier alpha value is -1.55. The summed E-state index contributed by atoms with van der Waals surface area (Å²) in [4.78, 5) is 25.9. The average molecular weight is 307 g/mol. The Morgan fingerprint density at radius 1 is 1.33 bits per heavy atom. The SMILES string of the molecule is O=C1CCC(C(=O)N2CCCC2c2cccc(Cl)c2)CN1. The topological polar surface area (TPSA) is 49.4 Å². The lowest BCUT2D eigenvalue weighted by Crippen LogP contribution is -2.44. The van der Waals surface area contributed by atoms with Gasteiger partial charge in [-0.2, -0.15) is 0 Å². The van der Waals surface area contributed by atoms with Gasteiger partial charge in [0.2, 0.25) is 11.8 Å². The molecule has 2 saturated heterocycles. The van der Waals surface area contributed by atoms with Gasteiger partial charge in [0.05, 0.1) is 12.0 Å². The average Bonchev–Trinajstić information content (AvgIpc) is 2.97. The van der Waals surface area contributed by atoms with Crippen molar-refractivity contribution in [3.05, 3.63) is 34.9 Å². The largest absolute Gasteiger partial charge is 0.355 e. The zero-order valence-corrected chi connectivity index (χ0v) is 12.6. The van der Waals surface area contributed by atoms with E-state index in [4.69, 9.17) is 11.6 Å². The lowest BCUT2D eigenvalue weighted by Gasteiger charge is -2.31. The van der Waals surface area contributed by atoms with Gasteiger partial charge in [-0.05, 0) is 37.0 Å². The normalized spacial score (nSPS) is 25.8. The first-order valence-electron chi connectivity index (χ1n) is 7.48. The van der Waals surface area contributed by atoms with E-state index in [1.807, 2.05) is 29.2 Å². The van der Waals surface area contributed by atoms with Crippen LogP contribution in [0.5, 0.6) is 0 Å². The molecular weight excluding hydrogens is 288 g/mol. The zero-order chi connectivity index (χ0) is 14.8. The van der Waals surface area contributed by atoms with Gasteiger partial charge in [0.1, 0.15) is 0 Å². The van der Waals surface area contributed by atoms with E-state index in [1.54, 1.807) is 0 Å². The molecule has 2 fully saturated rings. The number of nitrogens with zero attached hydrogens (tertiary/aromatic N) is 1. The molecule has 1 aromatic rings. The highest BCUT2D eigenvalue weighted by atomic mass is 35.5. The van der Waals surface area contributed by atoms with E-state index in [1.165, 1.54) is 0 Å². The molecule has 0 bridgehead atoms. The van der Waals surface area contributed by atoms with Gasteiger partial charge in [0.25, 0.3) is 0 Å². The fraction of sp³-hybridized carbons (Fsp3) is 0.500. The Labute approximate surface area is 129 Å². The number of piperidine rings is 1. The van der Waals surface area contributed by atoms with Crippen molar-refractivity contribution in [2.45, 2.75) is 31.7 Å². The quantitative estimate of drug-likeness (QED) is 0.913. The molecule has 0 saturated carbocycles. The number of carbonyl (C=O) groups excluding carboxylic acids is 2. The van der Waals surface area contributed by atoms with Gasteiger partial charge in [0.15, 0.2) is 0 Å². The molecule has 2 unspecified atom stereocenters. The standard InChI is InChI=1S/C16H19ClN2O2/c17-13-4-1-3-11(9-13)14-5-2-8-19(14)16(21)12-6-7-15(20)18-10-12/h1,3-4,9,12,14H,2,5-8,10H2,(H,18,20). The Balaban J connectivity index is 1.74. The maximum atomic E-state index is 12.7. The molecule has 2 heterocycles. The number of hydrogen-bond acceptors (Lipinski definition) is 2. The van der Waals surface area contributed by atoms with Crippen molar-refractivity contribution in [1.82, 2.24) is 10.2 Å². The molecule has 2 amide bonds. The van der Waals surface area contributed by atoms with Crippen LogP contribution >= 0.6 is 11.6 Å². The molecule has 21 heavy (non-hydrogen) atoms.